The van der Waals surface area contributed by atoms with E-state index in [0.29, 0.717) is 17.1 Å². The van der Waals surface area contributed by atoms with Gasteiger partial charge in [-0.2, -0.15) is 0 Å². The fraction of sp³-hybridized carbons (Fsp3) is 0.474. The number of esters is 1. The molecule has 0 unspecified atom stereocenters. The average Bonchev–Trinajstić information content (AvgIpc) is 3.48. The summed E-state index contributed by atoms with van der Waals surface area (Å²) in [5.74, 6) is -0.571. The molecule has 7 nitrogen and oxygen atoms in total. The fourth-order valence-electron chi connectivity index (χ4n) is 3.59. The van der Waals surface area contributed by atoms with Crippen LogP contribution in [0.3, 0.4) is 0 Å². The average molecular weight is 356 g/mol. The van der Waals surface area contributed by atoms with Crippen molar-refractivity contribution < 1.29 is 9.53 Å². The highest BCUT2D eigenvalue weighted by atomic mass is 16.5. The minimum absolute atomic E-state index is 0.0839. The minimum atomic E-state index is -0.571. The molecular weight excluding hydrogens is 332 g/mol. The summed E-state index contributed by atoms with van der Waals surface area (Å²) < 4.78 is 7.11. The summed E-state index contributed by atoms with van der Waals surface area (Å²) in [6, 6.07) is 4.05. The van der Waals surface area contributed by atoms with Gasteiger partial charge in [0.1, 0.15) is 5.56 Å². The number of rotatable bonds is 4. The topological polar surface area (TPSA) is 89.6 Å². The van der Waals surface area contributed by atoms with E-state index in [2.05, 4.69) is 10.2 Å². The maximum absolute atomic E-state index is 12.9. The summed E-state index contributed by atoms with van der Waals surface area (Å²) >= 11 is 0. The van der Waals surface area contributed by atoms with Gasteiger partial charge in [0.2, 0.25) is 5.43 Å². The van der Waals surface area contributed by atoms with Gasteiger partial charge < -0.3 is 25.3 Å². The van der Waals surface area contributed by atoms with Gasteiger partial charge in [0, 0.05) is 43.8 Å². The second-order valence-electron chi connectivity index (χ2n) is 6.90. The van der Waals surface area contributed by atoms with E-state index in [0.717, 1.165) is 50.2 Å². The van der Waals surface area contributed by atoms with Gasteiger partial charge >= 0.3 is 5.97 Å². The molecule has 3 N–H and O–H groups in total. The third kappa shape index (κ3) is 2.92. The van der Waals surface area contributed by atoms with Crippen LogP contribution in [0.2, 0.25) is 0 Å². The lowest BCUT2D eigenvalue weighted by molar-refractivity contribution is 0.0524. The maximum Gasteiger partial charge on any atom is 0.343 e. The van der Waals surface area contributed by atoms with Crippen LogP contribution < -0.4 is 21.4 Å². The quantitative estimate of drug-likeness (QED) is 0.637. The van der Waals surface area contributed by atoms with Gasteiger partial charge in [-0.1, -0.05) is 0 Å². The zero-order valence-electron chi connectivity index (χ0n) is 15.0. The Kier molecular flexibility index (Phi) is 4.32. The standard InChI is InChI=1S/C19H24N4O3/c1-2-26-19(25)14-11-23(12-3-4-12)16-10-17(22-7-5-21-6-8-22)15(20)9-13(16)18(14)24/h9-12,21H,2-8,20H2,1H3. The van der Waals surface area contributed by atoms with Gasteiger partial charge in [-0.15, -0.1) is 0 Å². The number of nitrogen functional groups attached to an aromatic ring is 1. The second-order valence-corrected chi connectivity index (χ2v) is 6.90. The number of carbonyl (C=O) groups is 1. The van der Waals surface area contributed by atoms with Crippen LogP contribution in [-0.2, 0) is 4.74 Å². The molecule has 4 rings (SSSR count). The van der Waals surface area contributed by atoms with Crippen molar-refractivity contribution in [2.75, 3.05) is 43.4 Å². The lowest BCUT2D eigenvalue weighted by Crippen LogP contribution is -2.43. The number of hydrogen-bond donors (Lipinski definition) is 2. The Morgan fingerprint density at radius 2 is 2.04 bits per heavy atom. The monoisotopic (exact) mass is 356 g/mol. The molecule has 1 aliphatic heterocycles. The van der Waals surface area contributed by atoms with Crippen molar-refractivity contribution in [2.24, 2.45) is 0 Å². The molecule has 1 saturated carbocycles. The van der Waals surface area contributed by atoms with Crippen LogP contribution in [0.5, 0.6) is 0 Å². The third-order valence-electron chi connectivity index (χ3n) is 5.07. The molecule has 1 saturated heterocycles. The van der Waals surface area contributed by atoms with Gasteiger partial charge in [0.15, 0.2) is 0 Å². The highest BCUT2D eigenvalue weighted by Gasteiger charge is 2.28. The van der Waals surface area contributed by atoms with E-state index in [9.17, 15) is 9.59 Å². The Morgan fingerprint density at radius 1 is 1.31 bits per heavy atom. The van der Waals surface area contributed by atoms with Crippen LogP contribution in [0, 0.1) is 0 Å². The number of benzene rings is 1. The van der Waals surface area contributed by atoms with Crippen molar-refractivity contribution in [1.82, 2.24) is 9.88 Å². The van der Waals surface area contributed by atoms with Crippen molar-refractivity contribution in [2.45, 2.75) is 25.8 Å². The summed E-state index contributed by atoms with van der Waals surface area (Å²) in [6.45, 7) is 5.55. The number of aromatic nitrogens is 1. The number of nitrogens with zero attached hydrogens (tertiary/aromatic N) is 2. The normalized spacial score (nSPS) is 17.5. The summed E-state index contributed by atoms with van der Waals surface area (Å²) in [4.78, 5) is 27.4. The number of nitrogens with two attached hydrogens (primary N) is 1. The van der Waals surface area contributed by atoms with Crippen LogP contribution in [0.4, 0.5) is 11.4 Å². The number of pyridine rings is 1. The summed E-state index contributed by atoms with van der Waals surface area (Å²) in [7, 11) is 0. The summed E-state index contributed by atoms with van der Waals surface area (Å²) in [5, 5.41) is 3.82. The maximum atomic E-state index is 12.9. The highest BCUT2D eigenvalue weighted by molar-refractivity contribution is 5.96. The SMILES string of the molecule is CCOC(=O)c1cn(C2CC2)c2cc(N3CCNCC3)c(N)cc2c1=O. The van der Waals surface area contributed by atoms with Crippen molar-refractivity contribution in [3.05, 3.63) is 34.1 Å². The first kappa shape index (κ1) is 16.9. The number of piperazine rings is 1. The summed E-state index contributed by atoms with van der Waals surface area (Å²) in [6.07, 6.45) is 3.76. The van der Waals surface area contributed by atoms with E-state index in [-0.39, 0.29) is 17.6 Å². The molecule has 1 aromatic heterocycles. The van der Waals surface area contributed by atoms with E-state index in [4.69, 9.17) is 10.5 Å². The molecule has 7 heteroatoms. The number of anilines is 2. The number of ether oxygens (including phenoxy) is 1. The van der Waals surface area contributed by atoms with Crippen LogP contribution in [-0.4, -0.2) is 43.3 Å². The van der Waals surface area contributed by atoms with Crippen LogP contribution in [0.1, 0.15) is 36.2 Å². The molecule has 2 aromatic rings. The zero-order chi connectivity index (χ0) is 18.3. The second kappa shape index (κ2) is 6.64. The van der Waals surface area contributed by atoms with Crippen LogP contribution in [0.15, 0.2) is 23.1 Å². The van der Waals surface area contributed by atoms with E-state index >= 15 is 0 Å². The van der Waals surface area contributed by atoms with Crippen LogP contribution >= 0.6 is 0 Å². The molecular formula is C19H24N4O3. The molecule has 2 aliphatic rings. The molecule has 138 valence electrons. The van der Waals surface area contributed by atoms with Gasteiger partial charge in [-0.3, -0.25) is 4.79 Å². The third-order valence-corrected chi connectivity index (χ3v) is 5.07. The number of hydrogen-bond acceptors (Lipinski definition) is 6. The number of nitrogens with one attached hydrogen (secondary N) is 1. The predicted molar refractivity (Wildman–Crippen MR) is 102 cm³/mol. The van der Waals surface area contributed by atoms with Crippen molar-refractivity contribution in [3.63, 3.8) is 0 Å². The smallest absolute Gasteiger partial charge is 0.343 e. The van der Waals surface area contributed by atoms with Crippen LogP contribution in [0.25, 0.3) is 10.9 Å². The number of carbonyl (C=O) groups excluding carboxylic acids is 1. The first-order valence-electron chi connectivity index (χ1n) is 9.21. The molecule has 0 spiro atoms. The van der Waals surface area contributed by atoms with Gasteiger partial charge in [-0.25, -0.2) is 4.79 Å². The molecule has 0 amide bonds. The van der Waals surface area contributed by atoms with E-state index in [1.54, 1.807) is 19.2 Å². The molecule has 0 radical (unpaired) electrons. The molecule has 2 fully saturated rings. The molecule has 26 heavy (non-hydrogen) atoms. The Balaban J connectivity index is 1.89. The molecule has 2 heterocycles. The predicted octanol–water partition coefficient (Wildman–Crippen LogP) is 1.50. The van der Waals surface area contributed by atoms with Gasteiger partial charge in [0.25, 0.3) is 0 Å². The van der Waals surface area contributed by atoms with E-state index in [1.807, 2.05) is 10.6 Å². The summed E-state index contributed by atoms with van der Waals surface area (Å²) in [5.41, 5.74) is 8.42. The first-order chi connectivity index (χ1) is 12.6. The van der Waals surface area contributed by atoms with Gasteiger partial charge in [0.05, 0.1) is 23.5 Å². The largest absolute Gasteiger partial charge is 0.462 e. The Morgan fingerprint density at radius 3 is 2.69 bits per heavy atom. The Hall–Kier alpha value is -2.54. The molecule has 1 aliphatic carbocycles. The lowest BCUT2D eigenvalue weighted by atomic mass is 10.1. The fourth-order valence-corrected chi connectivity index (χ4v) is 3.59. The van der Waals surface area contributed by atoms with Crippen molar-refractivity contribution >= 4 is 28.2 Å². The highest BCUT2D eigenvalue weighted by Crippen LogP contribution is 2.38. The van der Waals surface area contributed by atoms with E-state index in [1.165, 1.54) is 0 Å². The lowest BCUT2D eigenvalue weighted by Gasteiger charge is -2.31. The van der Waals surface area contributed by atoms with Crippen molar-refractivity contribution in [3.8, 4) is 0 Å². The van der Waals surface area contributed by atoms with E-state index < -0.39 is 5.97 Å². The molecule has 1 aromatic carbocycles. The first-order valence-corrected chi connectivity index (χ1v) is 9.21. The Labute approximate surface area is 151 Å². The molecule has 0 bridgehead atoms. The Bertz CT molecular complexity index is 911. The van der Waals surface area contributed by atoms with Gasteiger partial charge in [-0.05, 0) is 31.9 Å². The number of fused-ring (bicyclic) bond motifs is 1. The molecule has 0 atom stereocenters. The zero-order valence-corrected chi connectivity index (χ0v) is 15.0. The van der Waals surface area contributed by atoms with Crippen molar-refractivity contribution in [1.29, 1.82) is 0 Å². The minimum Gasteiger partial charge on any atom is -0.462 e.